The van der Waals surface area contributed by atoms with E-state index in [0.717, 1.165) is 48.7 Å². The Morgan fingerprint density at radius 2 is 1.84 bits per heavy atom. The first-order valence-electron chi connectivity index (χ1n) is 8.57. The van der Waals surface area contributed by atoms with Crippen LogP contribution in [-0.2, 0) is 11.3 Å². The van der Waals surface area contributed by atoms with Crippen molar-refractivity contribution in [2.24, 2.45) is 5.92 Å². The van der Waals surface area contributed by atoms with E-state index in [2.05, 4.69) is 16.3 Å². The van der Waals surface area contributed by atoms with Crippen molar-refractivity contribution in [2.75, 3.05) is 25.5 Å². The minimum atomic E-state index is 0.0346. The van der Waals surface area contributed by atoms with Crippen LogP contribution in [0.5, 0.6) is 5.75 Å². The van der Waals surface area contributed by atoms with Crippen molar-refractivity contribution >= 4 is 23.2 Å². The molecule has 0 saturated carbocycles. The fourth-order valence-corrected chi connectivity index (χ4v) is 3.40. The number of anilines is 1. The molecule has 0 spiro atoms. The molecule has 0 bridgehead atoms. The van der Waals surface area contributed by atoms with Gasteiger partial charge in [-0.3, -0.25) is 9.69 Å². The minimum absolute atomic E-state index is 0.0346. The van der Waals surface area contributed by atoms with Gasteiger partial charge >= 0.3 is 0 Å². The molecule has 0 aliphatic carbocycles. The van der Waals surface area contributed by atoms with Crippen LogP contribution in [0, 0.1) is 5.92 Å². The number of carbonyl (C=O) groups excluding carboxylic acids is 1. The molecule has 5 heteroatoms. The van der Waals surface area contributed by atoms with Crippen LogP contribution in [0.1, 0.15) is 18.4 Å². The predicted molar refractivity (Wildman–Crippen MR) is 101 cm³/mol. The number of methoxy groups -OCH3 is 1. The minimum Gasteiger partial charge on any atom is -0.495 e. The van der Waals surface area contributed by atoms with Crippen molar-refractivity contribution in [1.29, 1.82) is 0 Å². The summed E-state index contributed by atoms with van der Waals surface area (Å²) in [5.41, 5.74) is 1.87. The van der Waals surface area contributed by atoms with E-state index in [1.165, 1.54) is 0 Å². The van der Waals surface area contributed by atoms with Gasteiger partial charge in [0, 0.05) is 17.5 Å². The van der Waals surface area contributed by atoms with Crippen molar-refractivity contribution < 1.29 is 9.53 Å². The lowest BCUT2D eigenvalue weighted by Gasteiger charge is -2.31. The topological polar surface area (TPSA) is 41.6 Å². The molecule has 1 saturated heterocycles. The van der Waals surface area contributed by atoms with Gasteiger partial charge in [0.1, 0.15) is 5.75 Å². The number of amides is 1. The number of piperidine rings is 1. The molecule has 1 aliphatic heterocycles. The maximum absolute atomic E-state index is 12.5. The summed E-state index contributed by atoms with van der Waals surface area (Å²) in [6.45, 7) is 2.63. The van der Waals surface area contributed by atoms with Crippen LogP contribution in [0.15, 0.2) is 48.5 Å². The second-order valence-electron chi connectivity index (χ2n) is 6.33. The van der Waals surface area contributed by atoms with E-state index >= 15 is 0 Å². The lowest BCUT2D eigenvalue weighted by molar-refractivity contribution is -0.121. The molecular formula is C20H23ClN2O2. The van der Waals surface area contributed by atoms with Crippen LogP contribution in [0.2, 0.25) is 5.02 Å². The molecule has 1 aliphatic rings. The van der Waals surface area contributed by atoms with Gasteiger partial charge in [-0.1, -0.05) is 41.9 Å². The van der Waals surface area contributed by atoms with Crippen molar-refractivity contribution in [3.8, 4) is 5.75 Å². The van der Waals surface area contributed by atoms with E-state index in [0.29, 0.717) is 5.75 Å². The molecule has 0 radical (unpaired) electrons. The molecular weight excluding hydrogens is 336 g/mol. The van der Waals surface area contributed by atoms with Gasteiger partial charge in [0.25, 0.3) is 0 Å². The number of halogens is 1. The highest BCUT2D eigenvalue weighted by atomic mass is 35.5. The van der Waals surface area contributed by atoms with Crippen LogP contribution in [0.3, 0.4) is 0 Å². The summed E-state index contributed by atoms with van der Waals surface area (Å²) < 4.78 is 5.29. The number of carbonyl (C=O) groups is 1. The summed E-state index contributed by atoms with van der Waals surface area (Å²) in [6, 6.07) is 15.4. The highest BCUT2D eigenvalue weighted by Crippen LogP contribution is 2.26. The van der Waals surface area contributed by atoms with E-state index in [1.807, 2.05) is 42.5 Å². The molecule has 3 rings (SSSR count). The Bertz CT molecular complexity index is 727. The summed E-state index contributed by atoms with van der Waals surface area (Å²) in [7, 11) is 1.61. The zero-order chi connectivity index (χ0) is 17.6. The maximum atomic E-state index is 12.5. The third-order valence-corrected chi connectivity index (χ3v) is 5.04. The Morgan fingerprint density at radius 3 is 2.56 bits per heavy atom. The molecule has 0 atom stereocenters. The number of ether oxygens (including phenoxy) is 1. The molecule has 0 unspecified atom stereocenters. The molecule has 1 amide bonds. The van der Waals surface area contributed by atoms with Crippen molar-refractivity contribution in [2.45, 2.75) is 19.4 Å². The molecule has 25 heavy (non-hydrogen) atoms. The van der Waals surface area contributed by atoms with Gasteiger partial charge in [-0.2, -0.15) is 0 Å². The Labute approximate surface area is 153 Å². The van der Waals surface area contributed by atoms with Gasteiger partial charge in [-0.05, 0) is 49.7 Å². The molecule has 2 aromatic carbocycles. The number of para-hydroxylation sites is 2. The number of likely N-dealkylation sites (tertiary alicyclic amines) is 1. The average Bonchev–Trinajstić information content (AvgIpc) is 2.64. The monoisotopic (exact) mass is 358 g/mol. The van der Waals surface area contributed by atoms with E-state index in [4.69, 9.17) is 16.3 Å². The summed E-state index contributed by atoms with van der Waals surface area (Å²) in [6.07, 6.45) is 1.71. The van der Waals surface area contributed by atoms with Crippen LogP contribution in [0.25, 0.3) is 0 Å². The number of hydrogen-bond acceptors (Lipinski definition) is 3. The highest BCUT2D eigenvalue weighted by Gasteiger charge is 2.25. The second kappa shape index (κ2) is 8.37. The van der Waals surface area contributed by atoms with Crippen molar-refractivity contribution in [1.82, 2.24) is 4.90 Å². The number of nitrogens with zero attached hydrogens (tertiary/aromatic N) is 1. The summed E-state index contributed by atoms with van der Waals surface area (Å²) >= 11 is 6.24. The van der Waals surface area contributed by atoms with Gasteiger partial charge < -0.3 is 10.1 Å². The van der Waals surface area contributed by atoms with E-state index in [9.17, 15) is 4.79 Å². The fraction of sp³-hybridized carbons (Fsp3) is 0.350. The SMILES string of the molecule is COc1ccccc1NC(=O)C1CCN(Cc2ccccc2Cl)CC1. The first kappa shape index (κ1) is 17.8. The standard InChI is InChI=1S/C20H23ClN2O2/c1-25-19-9-5-4-8-18(19)22-20(24)15-10-12-23(13-11-15)14-16-6-2-3-7-17(16)21/h2-9,15H,10-14H2,1H3,(H,22,24). The normalized spacial score (nSPS) is 15.8. The largest absolute Gasteiger partial charge is 0.495 e. The Kier molecular flexibility index (Phi) is 5.95. The molecule has 132 valence electrons. The van der Waals surface area contributed by atoms with Gasteiger partial charge in [0.05, 0.1) is 12.8 Å². The van der Waals surface area contributed by atoms with Crippen LogP contribution in [0.4, 0.5) is 5.69 Å². The lowest BCUT2D eigenvalue weighted by Crippen LogP contribution is -2.37. The zero-order valence-electron chi connectivity index (χ0n) is 14.4. The van der Waals surface area contributed by atoms with E-state index < -0.39 is 0 Å². The van der Waals surface area contributed by atoms with Gasteiger partial charge in [0.2, 0.25) is 5.91 Å². The molecule has 1 heterocycles. The summed E-state index contributed by atoms with van der Waals surface area (Å²) in [5, 5.41) is 3.81. The van der Waals surface area contributed by atoms with Crippen molar-refractivity contribution in [3.63, 3.8) is 0 Å². The number of nitrogens with one attached hydrogen (secondary N) is 1. The Balaban J connectivity index is 1.53. The molecule has 4 nitrogen and oxygen atoms in total. The fourth-order valence-electron chi connectivity index (χ4n) is 3.20. The molecule has 0 aromatic heterocycles. The smallest absolute Gasteiger partial charge is 0.227 e. The first-order chi connectivity index (χ1) is 12.2. The van der Waals surface area contributed by atoms with Gasteiger partial charge in [-0.25, -0.2) is 0 Å². The molecule has 2 aromatic rings. The second-order valence-corrected chi connectivity index (χ2v) is 6.74. The highest BCUT2D eigenvalue weighted by molar-refractivity contribution is 6.31. The zero-order valence-corrected chi connectivity index (χ0v) is 15.1. The maximum Gasteiger partial charge on any atom is 0.227 e. The first-order valence-corrected chi connectivity index (χ1v) is 8.95. The summed E-state index contributed by atoms with van der Waals surface area (Å²) in [4.78, 5) is 14.9. The number of hydrogen-bond donors (Lipinski definition) is 1. The Morgan fingerprint density at radius 1 is 1.16 bits per heavy atom. The Hall–Kier alpha value is -2.04. The van der Waals surface area contributed by atoms with Crippen LogP contribution < -0.4 is 10.1 Å². The number of rotatable bonds is 5. The third-order valence-electron chi connectivity index (χ3n) is 4.68. The van der Waals surface area contributed by atoms with Crippen LogP contribution >= 0.6 is 11.6 Å². The van der Waals surface area contributed by atoms with Crippen LogP contribution in [-0.4, -0.2) is 31.0 Å². The quantitative estimate of drug-likeness (QED) is 0.870. The van der Waals surface area contributed by atoms with E-state index in [-0.39, 0.29) is 11.8 Å². The average molecular weight is 359 g/mol. The van der Waals surface area contributed by atoms with Gasteiger partial charge in [0.15, 0.2) is 0 Å². The molecule has 1 fully saturated rings. The third kappa shape index (κ3) is 4.53. The number of benzene rings is 2. The molecule has 1 N–H and O–H groups in total. The van der Waals surface area contributed by atoms with E-state index in [1.54, 1.807) is 7.11 Å². The van der Waals surface area contributed by atoms with Gasteiger partial charge in [-0.15, -0.1) is 0 Å². The van der Waals surface area contributed by atoms with Crippen molar-refractivity contribution in [3.05, 3.63) is 59.1 Å². The summed E-state index contributed by atoms with van der Waals surface area (Å²) in [5.74, 6) is 0.793. The lowest BCUT2D eigenvalue weighted by atomic mass is 9.95. The predicted octanol–water partition coefficient (Wildman–Crippen LogP) is 4.20.